The van der Waals surface area contributed by atoms with Crippen LogP contribution < -0.4 is 10.6 Å². The molecule has 0 radical (unpaired) electrons. The lowest BCUT2D eigenvalue weighted by molar-refractivity contribution is 0.0600. The highest BCUT2D eigenvalue weighted by atomic mass is 16.5. The Bertz CT molecular complexity index is 706. The van der Waals surface area contributed by atoms with Gasteiger partial charge in [0.2, 0.25) is 0 Å². The molecular weight excluding hydrogens is 292 g/mol. The summed E-state index contributed by atoms with van der Waals surface area (Å²) in [4.78, 5) is 23.4. The van der Waals surface area contributed by atoms with Gasteiger partial charge in [0.05, 0.1) is 12.7 Å². The van der Waals surface area contributed by atoms with E-state index in [1.165, 1.54) is 7.11 Å². The van der Waals surface area contributed by atoms with Crippen molar-refractivity contribution in [3.8, 4) is 0 Å². The van der Waals surface area contributed by atoms with Crippen molar-refractivity contribution in [1.29, 1.82) is 0 Å². The average molecular weight is 312 g/mol. The number of hydrogen-bond donors (Lipinski definition) is 2. The number of esters is 1. The Morgan fingerprint density at radius 3 is 2.39 bits per heavy atom. The molecule has 2 amide bonds. The number of urea groups is 1. The Morgan fingerprint density at radius 2 is 1.74 bits per heavy atom. The van der Waals surface area contributed by atoms with Crippen LogP contribution in [0.3, 0.4) is 0 Å². The fourth-order valence-electron chi connectivity index (χ4n) is 2.37. The van der Waals surface area contributed by atoms with Gasteiger partial charge in [-0.2, -0.15) is 0 Å². The second-order valence-corrected chi connectivity index (χ2v) is 5.38. The number of nitrogens with one attached hydrogen (secondary N) is 2. The fourth-order valence-corrected chi connectivity index (χ4v) is 2.37. The third-order valence-electron chi connectivity index (χ3n) is 3.28. The Kier molecular flexibility index (Phi) is 5.36. The number of hydrogen-bond acceptors (Lipinski definition) is 3. The van der Waals surface area contributed by atoms with Crippen LogP contribution in [0, 0.1) is 13.8 Å². The quantitative estimate of drug-likeness (QED) is 0.850. The molecule has 0 saturated heterocycles. The molecule has 5 heteroatoms. The highest BCUT2D eigenvalue weighted by molar-refractivity contribution is 5.93. The number of carbonyl (C=O) groups excluding carboxylic acids is 2. The SMILES string of the molecule is COC(=O)c1cccc(NC(=O)NCc2cc(C)cc(C)c2)c1. The minimum Gasteiger partial charge on any atom is -0.465 e. The van der Waals surface area contributed by atoms with Crippen LogP contribution in [0.25, 0.3) is 0 Å². The van der Waals surface area contributed by atoms with Crippen LogP contribution in [0.1, 0.15) is 27.0 Å². The predicted octanol–water partition coefficient (Wildman–Crippen LogP) is 3.41. The van der Waals surface area contributed by atoms with Gasteiger partial charge in [0, 0.05) is 12.2 Å². The number of ether oxygens (including phenoxy) is 1. The lowest BCUT2D eigenvalue weighted by Crippen LogP contribution is -2.28. The van der Waals surface area contributed by atoms with Crippen molar-refractivity contribution >= 4 is 17.7 Å². The first-order valence-electron chi connectivity index (χ1n) is 7.28. The van der Waals surface area contributed by atoms with E-state index in [-0.39, 0.29) is 6.03 Å². The molecule has 0 aliphatic carbocycles. The molecule has 0 bridgehead atoms. The van der Waals surface area contributed by atoms with Crippen LogP contribution in [0.5, 0.6) is 0 Å². The predicted molar refractivity (Wildman–Crippen MR) is 89.6 cm³/mol. The topological polar surface area (TPSA) is 67.4 Å². The maximum absolute atomic E-state index is 12.0. The van der Waals surface area contributed by atoms with Crippen LogP contribution in [-0.4, -0.2) is 19.1 Å². The Morgan fingerprint density at radius 1 is 1.04 bits per heavy atom. The van der Waals surface area contributed by atoms with Gasteiger partial charge in [-0.25, -0.2) is 9.59 Å². The minimum absolute atomic E-state index is 0.328. The largest absolute Gasteiger partial charge is 0.465 e. The van der Waals surface area contributed by atoms with Crippen LogP contribution in [0.2, 0.25) is 0 Å². The molecule has 0 unspecified atom stereocenters. The van der Waals surface area contributed by atoms with Gasteiger partial charge >= 0.3 is 12.0 Å². The van der Waals surface area contributed by atoms with Gasteiger partial charge in [-0.3, -0.25) is 0 Å². The fraction of sp³-hybridized carbons (Fsp3) is 0.222. The second kappa shape index (κ2) is 7.45. The van der Waals surface area contributed by atoms with E-state index >= 15 is 0 Å². The first kappa shape index (κ1) is 16.5. The molecule has 0 atom stereocenters. The molecule has 120 valence electrons. The van der Waals surface area contributed by atoms with Crippen molar-refractivity contribution < 1.29 is 14.3 Å². The van der Waals surface area contributed by atoms with Crippen molar-refractivity contribution in [2.45, 2.75) is 20.4 Å². The van der Waals surface area contributed by atoms with Crippen LogP contribution >= 0.6 is 0 Å². The summed E-state index contributed by atoms with van der Waals surface area (Å²) in [6.07, 6.45) is 0. The summed E-state index contributed by atoms with van der Waals surface area (Å²) in [5.74, 6) is -0.440. The third kappa shape index (κ3) is 4.85. The molecule has 23 heavy (non-hydrogen) atoms. The van der Waals surface area contributed by atoms with Gasteiger partial charge in [0.25, 0.3) is 0 Å². The van der Waals surface area contributed by atoms with E-state index in [0.29, 0.717) is 17.8 Å². The van der Waals surface area contributed by atoms with E-state index in [4.69, 9.17) is 0 Å². The standard InChI is InChI=1S/C18H20N2O3/c1-12-7-13(2)9-14(8-12)11-19-18(22)20-16-6-4-5-15(10-16)17(21)23-3/h4-10H,11H2,1-3H3,(H2,19,20,22). The van der Waals surface area contributed by atoms with E-state index in [1.807, 2.05) is 26.0 Å². The summed E-state index contributed by atoms with van der Waals surface area (Å²) in [6.45, 7) is 4.48. The van der Waals surface area contributed by atoms with Gasteiger partial charge in [0.15, 0.2) is 0 Å². The number of carbonyl (C=O) groups is 2. The molecule has 2 rings (SSSR count). The zero-order valence-corrected chi connectivity index (χ0v) is 13.5. The smallest absolute Gasteiger partial charge is 0.337 e. The maximum Gasteiger partial charge on any atom is 0.337 e. The number of anilines is 1. The zero-order chi connectivity index (χ0) is 16.8. The van der Waals surface area contributed by atoms with E-state index < -0.39 is 5.97 Å². The minimum atomic E-state index is -0.440. The molecule has 0 heterocycles. The molecule has 2 aromatic rings. The summed E-state index contributed by atoms with van der Waals surface area (Å²) in [6, 6.07) is 12.4. The van der Waals surface area contributed by atoms with E-state index in [9.17, 15) is 9.59 Å². The summed E-state index contributed by atoms with van der Waals surface area (Å²) in [5.41, 5.74) is 4.28. The lowest BCUT2D eigenvalue weighted by Gasteiger charge is -2.10. The molecule has 0 spiro atoms. The molecule has 0 aliphatic rings. The van der Waals surface area contributed by atoms with Crippen molar-refractivity contribution in [1.82, 2.24) is 5.32 Å². The molecule has 0 aliphatic heterocycles. The Balaban J connectivity index is 1.96. The molecule has 0 saturated carbocycles. The van der Waals surface area contributed by atoms with Gasteiger partial charge in [-0.15, -0.1) is 0 Å². The number of methoxy groups -OCH3 is 1. The van der Waals surface area contributed by atoms with E-state index in [1.54, 1.807) is 24.3 Å². The molecule has 2 aromatic carbocycles. The summed E-state index contributed by atoms with van der Waals surface area (Å²) >= 11 is 0. The lowest BCUT2D eigenvalue weighted by atomic mass is 10.1. The molecule has 5 nitrogen and oxygen atoms in total. The third-order valence-corrected chi connectivity index (χ3v) is 3.28. The van der Waals surface area contributed by atoms with Gasteiger partial charge in [-0.1, -0.05) is 35.4 Å². The Hall–Kier alpha value is -2.82. The van der Waals surface area contributed by atoms with E-state index in [0.717, 1.165) is 16.7 Å². The van der Waals surface area contributed by atoms with Gasteiger partial charge in [0.1, 0.15) is 0 Å². The number of benzene rings is 2. The molecule has 0 fully saturated rings. The van der Waals surface area contributed by atoms with Gasteiger partial charge < -0.3 is 15.4 Å². The highest BCUT2D eigenvalue weighted by Gasteiger charge is 2.07. The first-order valence-corrected chi connectivity index (χ1v) is 7.28. The van der Waals surface area contributed by atoms with Crippen LogP contribution in [0.4, 0.5) is 10.5 Å². The number of amides is 2. The van der Waals surface area contributed by atoms with Crippen LogP contribution in [0.15, 0.2) is 42.5 Å². The monoisotopic (exact) mass is 312 g/mol. The van der Waals surface area contributed by atoms with Crippen molar-refractivity contribution in [2.75, 3.05) is 12.4 Å². The molecule has 2 N–H and O–H groups in total. The van der Waals surface area contributed by atoms with Gasteiger partial charge in [-0.05, 0) is 37.6 Å². The molecular formula is C18H20N2O3. The average Bonchev–Trinajstić information content (AvgIpc) is 2.51. The normalized spacial score (nSPS) is 10.0. The number of rotatable bonds is 4. The van der Waals surface area contributed by atoms with Crippen LogP contribution in [-0.2, 0) is 11.3 Å². The zero-order valence-electron chi connectivity index (χ0n) is 13.5. The number of aryl methyl sites for hydroxylation is 2. The summed E-state index contributed by atoms with van der Waals surface area (Å²) in [5, 5.41) is 5.50. The summed E-state index contributed by atoms with van der Waals surface area (Å²) < 4.78 is 4.66. The molecule has 0 aromatic heterocycles. The highest BCUT2D eigenvalue weighted by Crippen LogP contribution is 2.12. The van der Waals surface area contributed by atoms with Crippen molar-refractivity contribution in [3.05, 3.63) is 64.7 Å². The summed E-state index contributed by atoms with van der Waals surface area (Å²) in [7, 11) is 1.32. The second-order valence-electron chi connectivity index (χ2n) is 5.38. The first-order chi connectivity index (χ1) is 11.0. The Labute approximate surface area is 135 Å². The van der Waals surface area contributed by atoms with Crippen molar-refractivity contribution in [3.63, 3.8) is 0 Å². The van der Waals surface area contributed by atoms with E-state index in [2.05, 4.69) is 21.4 Å². The van der Waals surface area contributed by atoms with Crippen molar-refractivity contribution in [2.24, 2.45) is 0 Å². The maximum atomic E-state index is 12.0.